The Morgan fingerprint density at radius 3 is 2.58 bits per heavy atom. The number of rotatable bonds is 6. The number of para-hydroxylation sites is 2. The van der Waals surface area contributed by atoms with E-state index in [0.29, 0.717) is 16.6 Å². The molecule has 2 heterocycles. The summed E-state index contributed by atoms with van der Waals surface area (Å²) in [7, 11) is -3.53. The number of anilines is 1. The molecule has 0 saturated carbocycles. The molecule has 0 spiro atoms. The first-order valence-electron chi connectivity index (χ1n) is 10.2. The Labute approximate surface area is 181 Å². The van der Waals surface area contributed by atoms with Gasteiger partial charge in [-0.25, -0.2) is 4.68 Å². The zero-order valence-electron chi connectivity index (χ0n) is 17.4. The van der Waals surface area contributed by atoms with E-state index in [1.165, 1.54) is 4.68 Å². The Morgan fingerprint density at radius 1 is 1.13 bits per heavy atom. The van der Waals surface area contributed by atoms with Crippen molar-refractivity contribution in [3.8, 4) is 5.75 Å². The summed E-state index contributed by atoms with van der Waals surface area (Å²) >= 11 is 0. The lowest BCUT2D eigenvalue weighted by Gasteiger charge is -2.34. The molecule has 2 aromatic carbocycles. The summed E-state index contributed by atoms with van der Waals surface area (Å²) in [5, 5.41) is 14.4. The summed E-state index contributed by atoms with van der Waals surface area (Å²) in [5.74, 6) is -0.339. The lowest BCUT2D eigenvalue weighted by Crippen LogP contribution is -2.39. The van der Waals surface area contributed by atoms with Gasteiger partial charge in [-0.05, 0) is 37.1 Å². The third kappa shape index (κ3) is 3.76. The highest BCUT2D eigenvalue weighted by Gasteiger charge is 2.30. The first kappa shape index (κ1) is 21.2. The van der Waals surface area contributed by atoms with E-state index in [2.05, 4.69) is 22.1 Å². The minimum Gasteiger partial charge on any atom is -0.506 e. The summed E-state index contributed by atoms with van der Waals surface area (Å²) in [4.78, 5) is 13.8. The molecule has 1 aromatic heterocycles. The van der Waals surface area contributed by atoms with Crippen molar-refractivity contribution in [2.24, 2.45) is 4.40 Å². The van der Waals surface area contributed by atoms with Crippen LogP contribution in [0.1, 0.15) is 38.7 Å². The first-order valence-corrected chi connectivity index (χ1v) is 11.8. The largest absolute Gasteiger partial charge is 0.506 e. The fourth-order valence-electron chi connectivity index (χ4n) is 3.80. The van der Waals surface area contributed by atoms with Gasteiger partial charge in [-0.1, -0.05) is 55.3 Å². The molecule has 8 nitrogen and oxygen atoms in total. The zero-order chi connectivity index (χ0) is 22.2. The number of nitrogens with zero attached hydrogens (tertiary/aromatic N) is 2. The van der Waals surface area contributed by atoms with E-state index in [4.69, 9.17) is 0 Å². The number of nitrogens with one attached hydrogen (secondary N) is 2. The van der Waals surface area contributed by atoms with E-state index in [1.54, 1.807) is 48.5 Å². The molecule has 5 N–H and O–H groups in total. The monoisotopic (exact) mass is 442 g/mol. The summed E-state index contributed by atoms with van der Waals surface area (Å²) in [6.07, 6.45) is 2.65. The van der Waals surface area contributed by atoms with E-state index in [9.17, 15) is 19.0 Å². The van der Waals surface area contributed by atoms with Crippen LogP contribution in [0.5, 0.6) is 5.75 Å². The number of hydrogen-bond acceptors (Lipinski definition) is 7. The normalized spacial score (nSPS) is 16.7. The predicted molar refractivity (Wildman–Crippen MR) is 126 cm³/mol. The van der Waals surface area contributed by atoms with Gasteiger partial charge in [0.15, 0.2) is 5.84 Å². The highest BCUT2D eigenvalue weighted by atomic mass is 32.3. The average Bonchev–Trinajstić information content (AvgIpc) is 2.75. The van der Waals surface area contributed by atoms with Gasteiger partial charge in [0.05, 0.1) is 11.2 Å². The Balaban J connectivity index is 1.94. The van der Waals surface area contributed by atoms with E-state index in [0.717, 1.165) is 19.3 Å². The fourth-order valence-corrected chi connectivity index (χ4v) is 4.97. The van der Waals surface area contributed by atoms with Gasteiger partial charge in [0.2, 0.25) is 0 Å². The highest BCUT2D eigenvalue weighted by molar-refractivity contribution is 8.23. The number of amidine groups is 1. The molecule has 1 unspecified atom stereocenters. The van der Waals surface area contributed by atoms with Gasteiger partial charge in [0, 0.05) is 11.4 Å². The van der Waals surface area contributed by atoms with E-state index >= 15 is 0 Å². The van der Waals surface area contributed by atoms with Crippen LogP contribution in [0.4, 0.5) is 5.69 Å². The fraction of sp³-hybridized carbons (Fsp3) is 0.273. The van der Waals surface area contributed by atoms with Gasteiger partial charge in [0.25, 0.3) is 5.56 Å². The minimum absolute atomic E-state index is 0.0610. The van der Waals surface area contributed by atoms with Gasteiger partial charge in [0.1, 0.15) is 16.2 Å². The SMILES string of the molecule is CCCC(CC)Nn1c(=O)c(C2=NS(O)(O)c3ccccc3N2)c(O)c2ccccc21. The summed E-state index contributed by atoms with van der Waals surface area (Å²) < 4.78 is 26.6. The van der Waals surface area contributed by atoms with E-state index in [-0.39, 0.29) is 28.1 Å². The molecule has 0 bridgehead atoms. The van der Waals surface area contributed by atoms with Crippen molar-refractivity contribution in [1.82, 2.24) is 4.68 Å². The molecule has 1 aliphatic rings. The van der Waals surface area contributed by atoms with Gasteiger partial charge in [-0.2, -0.15) is 0 Å². The quantitative estimate of drug-likeness (QED) is 0.377. The van der Waals surface area contributed by atoms with Crippen molar-refractivity contribution in [2.45, 2.75) is 44.0 Å². The summed E-state index contributed by atoms with van der Waals surface area (Å²) in [6.45, 7) is 4.12. The van der Waals surface area contributed by atoms with Crippen LogP contribution in [-0.4, -0.2) is 30.8 Å². The molecule has 31 heavy (non-hydrogen) atoms. The third-order valence-corrected chi connectivity index (χ3v) is 6.77. The molecular formula is C22H26N4O4S. The van der Waals surface area contributed by atoms with Crippen molar-refractivity contribution in [1.29, 1.82) is 0 Å². The van der Waals surface area contributed by atoms with E-state index < -0.39 is 16.3 Å². The molecular weight excluding hydrogens is 416 g/mol. The predicted octanol–water partition coefficient (Wildman–Crippen LogP) is 4.73. The molecule has 164 valence electrons. The maximum Gasteiger partial charge on any atom is 0.284 e. The second-order valence-corrected chi connectivity index (χ2v) is 9.14. The zero-order valence-corrected chi connectivity index (χ0v) is 18.2. The first-order chi connectivity index (χ1) is 14.9. The Bertz CT molecular complexity index is 1220. The van der Waals surface area contributed by atoms with Crippen molar-refractivity contribution >= 4 is 33.2 Å². The second-order valence-electron chi connectivity index (χ2n) is 7.48. The van der Waals surface area contributed by atoms with Crippen LogP contribution >= 0.6 is 10.8 Å². The van der Waals surface area contributed by atoms with Gasteiger partial charge in [-0.3, -0.25) is 13.9 Å². The van der Waals surface area contributed by atoms with Gasteiger partial charge in [-0.15, -0.1) is 4.40 Å². The van der Waals surface area contributed by atoms with E-state index in [1.807, 2.05) is 6.92 Å². The summed E-state index contributed by atoms with van der Waals surface area (Å²) in [6, 6.07) is 13.7. The molecule has 4 rings (SSSR count). The Kier molecular flexibility index (Phi) is 5.65. The van der Waals surface area contributed by atoms with Crippen LogP contribution in [0.3, 0.4) is 0 Å². The third-order valence-electron chi connectivity index (χ3n) is 5.39. The number of aromatic hydroxyl groups is 1. The minimum atomic E-state index is -3.53. The molecule has 0 aliphatic carbocycles. The standard InChI is InChI=1S/C22H26N4O4S/c1-3-9-14(4-2)24-26-17-12-7-5-10-15(17)20(27)19(22(26)28)21-23-16-11-6-8-13-18(16)31(29,30)25-21/h5-8,10-14,24,27,29-30H,3-4,9H2,1-2H3,(H,23,25). The lowest BCUT2D eigenvalue weighted by molar-refractivity contribution is 0.477. The van der Waals surface area contributed by atoms with Crippen molar-refractivity contribution in [3.05, 3.63) is 64.4 Å². The van der Waals surface area contributed by atoms with Crippen molar-refractivity contribution < 1.29 is 14.2 Å². The molecule has 3 aromatic rings. The number of aromatic nitrogens is 1. The number of hydrogen-bond donors (Lipinski definition) is 5. The number of pyridine rings is 1. The second kappa shape index (κ2) is 8.26. The van der Waals surface area contributed by atoms with Crippen LogP contribution in [0.15, 0.2) is 62.6 Å². The molecule has 0 fully saturated rings. The highest BCUT2D eigenvalue weighted by Crippen LogP contribution is 2.55. The van der Waals surface area contributed by atoms with Gasteiger partial charge >= 0.3 is 0 Å². The van der Waals surface area contributed by atoms with Crippen molar-refractivity contribution in [2.75, 3.05) is 10.7 Å². The van der Waals surface area contributed by atoms with Crippen LogP contribution in [0.2, 0.25) is 0 Å². The Hall–Kier alpha value is -3.01. The van der Waals surface area contributed by atoms with Gasteiger partial charge < -0.3 is 15.8 Å². The topological polar surface area (TPSA) is 119 Å². The molecule has 0 amide bonds. The van der Waals surface area contributed by atoms with Crippen molar-refractivity contribution in [3.63, 3.8) is 0 Å². The lowest BCUT2D eigenvalue weighted by atomic mass is 10.1. The molecule has 9 heteroatoms. The smallest absolute Gasteiger partial charge is 0.284 e. The van der Waals surface area contributed by atoms with Crippen LogP contribution in [0, 0.1) is 0 Å². The Morgan fingerprint density at radius 2 is 1.84 bits per heavy atom. The molecule has 0 saturated heterocycles. The number of fused-ring (bicyclic) bond motifs is 2. The maximum atomic E-state index is 13.5. The van der Waals surface area contributed by atoms with Crippen LogP contribution in [0.25, 0.3) is 10.9 Å². The summed E-state index contributed by atoms with van der Waals surface area (Å²) in [5.41, 5.74) is 3.60. The molecule has 1 aliphatic heterocycles. The number of benzene rings is 2. The average molecular weight is 443 g/mol. The molecule has 1 atom stereocenters. The van der Waals surface area contributed by atoms with Crippen LogP contribution in [-0.2, 0) is 0 Å². The maximum absolute atomic E-state index is 13.5. The molecule has 0 radical (unpaired) electrons. The van der Waals surface area contributed by atoms with Crippen LogP contribution < -0.4 is 16.3 Å².